The SMILES string of the molecule is O=C([O-])c1ccc(CN2C(=O)C=CC2=O)cc1. The number of carboxylic acids is 1. The summed E-state index contributed by atoms with van der Waals surface area (Å²) in [7, 11) is 0. The summed E-state index contributed by atoms with van der Waals surface area (Å²) in [5.74, 6) is -1.98. The van der Waals surface area contributed by atoms with Crippen LogP contribution in [0.3, 0.4) is 0 Å². The van der Waals surface area contributed by atoms with Crippen LogP contribution in [-0.2, 0) is 16.1 Å². The largest absolute Gasteiger partial charge is 0.545 e. The molecule has 1 aromatic carbocycles. The smallest absolute Gasteiger partial charge is 0.253 e. The highest BCUT2D eigenvalue weighted by Crippen LogP contribution is 2.11. The first-order valence-corrected chi connectivity index (χ1v) is 4.92. The summed E-state index contributed by atoms with van der Waals surface area (Å²) >= 11 is 0. The summed E-state index contributed by atoms with van der Waals surface area (Å²) < 4.78 is 0. The molecular weight excluding hydrogens is 222 g/mol. The van der Waals surface area contributed by atoms with Gasteiger partial charge in [-0.2, -0.15) is 0 Å². The van der Waals surface area contributed by atoms with Gasteiger partial charge in [0.25, 0.3) is 11.8 Å². The summed E-state index contributed by atoms with van der Waals surface area (Å²) in [6.45, 7) is 0.137. The van der Waals surface area contributed by atoms with Crippen molar-refractivity contribution in [2.45, 2.75) is 6.54 Å². The Balaban J connectivity index is 2.12. The Hall–Kier alpha value is -2.43. The van der Waals surface area contributed by atoms with E-state index in [2.05, 4.69) is 0 Å². The lowest BCUT2D eigenvalue weighted by atomic mass is 10.1. The first-order valence-electron chi connectivity index (χ1n) is 4.92. The highest BCUT2D eigenvalue weighted by atomic mass is 16.4. The van der Waals surface area contributed by atoms with Gasteiger partial charge in [-0.05, 0) is 11.1 Å². The van der Waals surface area contributed by atoms with Gasteiger partial charge in [0.15, 0.2) is 0 Å². The number of carbonyl (C=O) groups is 3. The maximum absolute atomic E-state index is 11.3. The number of amides is 2. The van der Waals surface area contributed by atoms with Crippen molar-refractivity contribution in [2.24, 2.45) is 0 Å². The van der Waals surface area contributed by atoms with E-state index in [0.717, 1.165) is 4.90 Å². The van der Waals surface area contributed by atoms with E-state index in [0.29, 0.717) is 5.56 Å². The van der Waals surface area contributed by atoms with Crippen molar-refractivity contribution in [1.29, 1.82) is 0 Å². The van der Waals surface area contributed by atoms with Crippen LogP contribution in [0.1, 0.15) is 15.9 Å². The molecule has 0 aliphatic carbocycles. The maximum atomic E-state index is 11.3. The molecule has 86 valence electrons. The van der Waals surface area contributed by atoms with Crippen LogP contribution in [0.15, 0.2) is 36.4 Å². The van der Waals surface area contributed by atoms with Gasteiger partial charge in [0.1, 0.15) is 0 Å². The lowest BCUT2D eigenvalue weighted by Gasteiger charge is -2.14. The van der Waals surface area contributed by atoms with Gasteiger partial charge in [0.05, 0.1) is 12.5 Å². The molecule has 5 heteroatoms. The van der Waals surface area contributed by atoms with Gasteiger partial charge >= 0.3 is 0 Å². The molecule has 2 rings (SSSR count). The van der Waals surface area contributed by atoms with Crippen LogP contribution in [0, 0.1) is 0 Å². The maximum Gasteiger partial charge on any atom is 0.253 e. The fraction of sp³-hybridized carbons (Fsp3) is 0.0833. The molecule has 5 nitrogen and oxygen atoms in total. The van der Waals surface area contributed by atoms with Crippen molar-refractivity contribution in [3.8, 4) is 0 Å². The van der Waals surface area contributed by atoms with Crippen molar-refractivity contribution in [1.82, 2.24) is 4.90 Å². The fourth-order valence-electron chi connectivity index (χ4n) is 1.52. The lowest BCUT2D eigenvalue weighted by Crippen LogP contribution is -2.29. The van der Waals surface area contributed by atoms with Crippen molar-refractivity contribution >= 4 is 17.8 Å². The van der Waals surface area contributed by atoms with E-state index in [4.69, 9.17) is 0 Å². The van der Waals surface area contributed by atoms with Gasteiger partial charge in [-0.3, -0.25) is 14.5 Å². The second kappa shape index (κ2) is 4.21. The average molecular weight is 230 g/mol. The van der Waals surface area contributed by atoms with Crippen molar-refractivity contribution in [3.63, 3.8) is 0 Å². The lowest BCUT2D eigenvalue weighted by molar-refractivity contribution is -0.255. The molecule has 1 aliphatic heterocycles. The molecule has 0 unspecified atom stereocenters. The van der Waals surface area contributed by atoms with E-state index < -0.39 is 5.97 Å². The van der Waals surface area contributed by atoms with Crippen molar-refractivity contribution in [2.75, 3.05) is 0 Å². The van der Waals surface area contributed by atoms with Gasteiger partial charge in [0, 0.05) is 12.2 Å². The monoisotopic (exact) mass is 230 g/mol. The second-order valence-electron chi connectivity index (χ2n) is 3.58. The zero-order chi connectivity index (χ0) is 12.4. The van der Waals surface area contributed by atoms with Crippen molar-refractivity contribution < 1.29 is 19.5 Å². The van der Waals surface area contributed by atoms with E-state index in [-0.39, 0.29) is 23.9 Å². The van der Waals surface area contributed by atoms with E-state index in [9.17, 15) is 19.5 Å². The van der Waals surface area contributed by atoms with Crippen LogP contribution in [0.5, 0.6) is 0 Å². The van der Waals surface area contributed by atoms with Gasteiger partial charge in [-0.1, -0.05) is 24.3 Å². The standard InChI is InChI=1S/C12H9NO4/c14-10-5-6-11(15)13(10)7-8-1-3-9(4-2-8)12(16)17/h1-6H,7H2,(H,16,17)/p-1. The van der Waals surface area contributed by atoms with Crippen LogP contribution >= 0.6 is 0 Å². The molecule has 0 aromatic heterocycles. The van der Waals surface area contributed by atoms with Crippen LogP contribution in [0.4, 0.5) is 0 Å². The Morgan fingerprint density at radius 1 is 1.06 bits per heavy atom. The van der Waals surface area contributed by atoms with Gasteiger partial charge in [-0.25, -0.2) is 0 Å². The molecule has 1 aromatic rings. The highest BCUT2D eigenvalue weighted by molar-refractivity contribution is 6.12. The Morgan fingerprint density at radius 2 is 1.59 bits per heavy atom. The topological polar surface area (TPSA) is 77.5 Å². The minimum absolute atomic E-state index is 0.0611. The van der Waals surface area contributed by atoms with Gasteiger partial charge in [0.2, 0.25) is 0 Å². The predicted octanol–water partition coefficient (Wildman–Crippen LogP) is -0.525. The Kier molecular flexibility index (Phi) is 2.74. The normalized spacial score (nSPS) is 14.5. The van der Waals surface area contributed by atoms with Crippen LogP contribution in [0.2, 0.25) is 0 Å². The molecule has 0 atom stereocenters. The molecule has 0 saturated carbocycles. The van der Waals surface area contributed by atoms with E-state index in [1.54, 1.807) is 12.1 Å². The Labute approximate surface area is 97.0 Å². The van der Waals surface area contributed by atoms with Gasteiger partial charge in [-0.15, -0.1) is 0 Å². The molecule has 0 radical (unpaired) electrons. The summed E-state index contributed by atoms with van der Waals surface area (Å²) in [6.07, 6.45) is 2.41. The zero-order valence-electron chi connectivity index (χ0n) is 8.75. The quantitative estimate of drug-likeness (QED) is 0.654. The van der Waals surface area contributed by atoms with E-state index >= 15 is 0 Å². The number of rotatable bonds is 3. The van der Waals surface area contributed by atoms with E-state index in [1.807, 2.05) is 0 Å². The third kappa shape index (κ3) is 2.23. The first-order chi connectivity index (χ1) is 8.08. The van der Waals surface area contributed by atoms with Crippen LogP contribution in [-0.4, -0.2) is 22.7 Å². The number of imide groups is 1. The van der Waals surface area contributed by atoms with E-state index in [1.165, 1.54) is 24.3 Å². The number of nitrogens with zero attached hydrogens (tertiary/aromatic N) is 1. The fourth-order valence-corrected chi connectivity index (χ4v) is 1.52. The molecule has 1 aliphatic rings. The molecule has 0 fully saturated rings. The summed E-state index contributed by atoms with van der Waals surface area (Å²) in [6, 6.07) is 5.85. The number of carbonyl (C=O) groups excluding carboxylic acids is 3. The number of aromatic carboxylic acids is 1. The minimum atomic E-state index is -1.26. The number of carboxylic acid groups (broad SMARTS) is 1. The number of benzene rings is 1. The number of hydrogen-bond donors (Lipinski definition) is 0. The van der Waals surface area contributed by atoms with Crippen molar-refractivity contribution in [3.05, 3.63) is 47.5 Å². The zero-order valence-corrected chi connectivity index (χ0v) is 8.75. The summed E-state index contributed by atoms with van der Waals surface area (Å²) in [5, 5.41) is 10.5. The molecular formula is C12H8NO4-. The molecule has 17 heavy (non-hydrogen) atoms. The molecule has 0 N–H and O–H groups in total. The third-order valence-electron chi connectivity index (χ3n) is 2.43. The highest BCUT2D eigenvalue weighted by Gasteiger charge is 2.22. The van der Waals surface area contributed by atoms with Crippen LogP contribution < -0.4 is 5.11 Å². The molecule has 0 saturated heterocycles. The average Bonchev–Trinajstić information content (AvgIpc) is 2.61. The predicted molar refractivity (Wildman–Crippen MR) is 55.5 cm³/mol. The van der Waals surface area contributed by atoms with Crippen LogP contribution in [0.25, 0.3) is 0 Å². The third-order valence-corrected chi connectivity index (χ3v) is 2.43. The number of hydrogen-bond acceptors (Lipinski definition) is 4. The molecule has 2 amide bonds. The molecule has 1 heterocycles. The summed E-state index contributed by atoms with van der Waals surface area (Å²) in [5.41, 5.74) is 0.742. The second-order valence-corrected chi connectivity index (χ2v) is 3.58. The van der Waals surface area contributed by atoms with Gasteiger partial charge < -0.3 is 9.90 Å². The Morgan fingerprint density at radius 3 is 2.06 bits per heavy atom. The Bertz CT molecular complexity index is 498. The summed E-state index contributed by atoms with van der Waals surface area (Å²) in [4.78, 5) is 34.2. The molecule has 0 spiro atoms. The minimum Gasteiger partial charge on any atom is -0.545 e. The molecule has 0 bridgehead atoms. The first kappa shape index (κ1) is 11.1.